The van der Waals surface area contributed by atoms with E-state index in [-0.39, 0.29) is 5.54 Å². The van der Waals surface area contributed by atoms with Gasteiger partial charge in [0.2, 0.25) is 0 Å². The number of hydrogen-bond donors (Lipinski definition) is 1. The molecule has 2 rings (SSSR count). The van der Waals surface area contributed by atoms with Crippen LogP contribution in [0.1, 0.15) is 59.3 Å². The fourth-order valence-corrected chi connectivity index (χ4v) is 2.72. The molecular weight excluding hydrogens is 238 g/mol. The molecule has 0 amide bonds. The fourth-order valence-electron chi connectivity index (χ4n) is 2.72. The summed E-state index contributed by atoms with van der Waals surface area (Å²) in [5, 5.41) is 3.52. The van der Waals surface area contributed by atoms with E-state index in [1.54, 1.807) is 0 Å². The zero-order chi connectivity index (χ0) is 13.7. The van der Waals surface area contributed by atoms with Crippen LogP contribution in [0.5, 0.6) is 0 Å². The van der Waals surface area contributed by atoms with Gasteiger partial charge >= 0.3 is 0 Å². The molecule has 1 aliphatic heterocycles. The van der Waals surface area contributed by atoms with Gasteiger partial charge in [0.05, 0.1) is 18.8 Å². The summed E-state index contributed by atoms with van der Waals surface area (Å²) in [4.78, 5) is 0. The summed E-state index contributed by atoms with van der Waals surface area (Å²) in [6.07, 6.45) is 8.54. The van der Waals surface area contributed by atoms with Gasteiger partial charge in [-0.15, -0.1) is 0 Å². The second kappa shape index (κ2) is 7.05. The van der Waals surface area contributed by atoms with Crippen molar-refractivity contribution in [3.63, 3.8) is 0 Å². The van der Waals surface area contributed by atoms with Crippen LogP contribution >= 0.6 is 0 Å². The summed E-state index contributed by atoms with van der Waals surface area (Å²) < 4.78 is 11.8. The van der Waals surface area contributed by atoms with Gasteiger partial charge in [-0.2, -0.15) is 0 Å². The lowest BCUT2D eigenvalue weighted by Gasteiger charge is -2.25. The van der Waals surface area contributed by atoms with E-state index in [0.29, 0.717) is 12.2 Å². The van der Waals surface area contributed by atoms with Crippen LogP contribution in [0.25, 0.3) is 0 Å². The molecule has 2 unspecified atom stereocenters. The highest BCUT2D eigenvalue weighted by molar-refractivity contribution is 4.79. The predicted octanol–water partition coefficient (Wildman–Crippen LogP) is 3.13. The van der Waals surface area contributed by atoms with Gasteiger partial charge in [0, 0.05) is 18.7 Å². The highest BCUT2D eigenvalue weighted by Gasteiger charge is 2.26. The Balaban J connectivity index is 1.49. The first-order chi connectivity index (χ1) is 9.03. The van der Waals surface area contributed by atoms with Crippen molar-refractivity contribution in [2.24, 2.45) is 5.92 Å². The van der Waals surface area contributed by atoms with Gasteiger partial charge < -0.3 is 14.8 Å². The minimum Gasteiger partial charge on any atom is -0.379 e. The molecule has 0 aromatic heterocycles. The van der Waals surface area contributed by atoms with Crippen LogP contribution in [0.2, 0.25) is 0 Å². The first kappa shape index (κ1) is 15.3. The van der Waals surface area contributed by atoms with Crippen LogP contribution in [0, 0.1) is 5.92 Å². The molecule has 0 bridgehead atoms. The van der Waals surface area contributed by atoms with Gasteiger partial charge in [0.1, 0.15) is 0 Å². The highest BCUT2D eigenvalue weighted by Crippen LogP contribution is 2.29. The quantitative estimate of drug-likeness (QED) is 0.720. The topological polar surface area (TPSA) is 30.5 Å². The SMILES string of the molecule is CC(C)(C)NCC1CCC(COCCC2CCC2)O1. The van der Waals surface area contributed by atoms with Crippen LogP contribution < -0.4 is 5.32 Å². The molecular formula is C16H31NO2. The Bertz CT molecular complexity index is 258. The van der Waals surface area contributed by atoms with Crippen molar-refractivity contribution < 1.29 is 9.47 Å². The third-order valence-electron chi connectivity index (χ3n) is 4.25. The second-order valence-corrected chi connectivity index (χ2v) is 7.25. The smallest absolute Gasteiger partial charge is 0.0813 e. The summed E-state index contributed by atoms with van der Waals surface area (Å²) in [6, 6.07) is 0. The summed E-state index contributed by atoms with van der Waals surface area (Å²) >= 11 is 0. The molecule has 1 aliphatic carbocycles. The number of hydrogen-bond acceptors (Lipinski definition) is 3. The van der Waals surface area contributed by atoms with Crippen molar-refractivity contribution in [3.05, 3.63) is 0 Å². The van der Waals surface area contributed by atoms with Crippen molar-refractivity contribution >= 4 is 0 Å². The summed E-state index contributed by atoms with van der Waals surface area (Å²) in [6.45, 7) is 9.27. The molecule has 1 heterocycles. The van der Waals surface area contributed by atoms with Gasteiger partial charge in [-0.3, -0.25) is 0 Å². The molecule has 2 aliphatic rings. The standard InChI is InChI=1S/C16H31NO2/c1-16(2,3)17-11-14-7-8-15(19-14)12-18-10-9-13-5-4-6-13/h13-15,17H,4-12H2,1-3H3. The third kappa shape index (κ3) is 5.80. The zero-order valence-corrected chi connectivity index (χ0v) is 12.9. The molecule has 2 fully saturated rings. The van der Waals surface area contributed by atoms with E-state index in [1.165, 1.54) is 32.1 Å². The highest BCUT2D eigenvalue weighted by atomic mass is 16.5. The molecule has 2 atom stereocenters. The molecule has 19 heavy (non-hydrogen) atoms. The normalized spacial score (nSPS) is 28.6. The van der Waals surface area contributed by atoms with E-state index in [2.05, 4.69) is 26.1 Å². The van der Waals surface area contributed by atoms with Crippen LogP contribution in [0.4, 0.5) is 0 Å². The third-order valence-corrected chi connectivity index (χ3v) is 4.25. The minimum atomic E-state index is 0.181. The van der Waals surface area contributed by atoms with Crippen LogP contribution in [0.15, 0.2) is 0 Å². The number of rotatable bonds is 7. The van der Waals surface area contributed by atoms with Gasteiger partial charge in [0.15, 0.2) is 0 Å². The van der Waals surface area contributed by atoms with Crippen molar-refractivity contribution in [3.8, 4) is 0 Å². The van der Waals surface area contributed by atoms with Gasteiger partial charge in [-0.1, -0.05) is 19.3 Å². The maximum absolute atomic E-state index is 6.02. The maximum Gasteiger partial charge on any atom is 0.0813 e. The van der Waals surface area contributed by atoms with Crippen molar-refractivity contribution in [2.45, 2.75) is 77.0 Å². The first-order valence-electron chi connectivity index (χ1n) is 8.01. The van der Waals surface area contributed by atoms with E-state index in [9.17, 15) is 0 Å². The summed E-state index contributed by atoms with van der Waals surface area (Å²) in [7, 11) is 0. The van der Waals surface area contributed by atoms with E-state index in [0.717, 1.165) is 32.1 Å². The van der Waals surface area contributed by atoms with E-state index >= 15 is 0 Å². The lowest BCUT2D eigenvalue weighted by atomic mass is 9.83. The molecule has 112 valence electrons. The summed E-state index contributed by atoms with van der Waals surface area (Å²) in [5.41, 5.74) is 0.181. The Hall–Kier alpha value is -0.120. The number of ether oxygens (including phenoxy) is 2. The average Bonchev–Trinajstić information content (AvgIpc) is 2.71. The van der Waals surface area contributed by atoms with Crippen molar-refractivity contribution in [1.82, 2.24) is 5.32 Å². The molecule has 0 aromatic carbocycles. The Morgan fingerprint density at radius 1 is 1.11 bits per heavy atom. The largest absolute Gasteiger partial charge is 0.379 e. The first-order valence-corrected chi connectivity index (χ1v) is 8.01. The van der Waals surface area contributed by atoms with Gasteiger partial charge in [-0.05, 0) is 46.0 Å². The van der Waals surface area contributed by atoms with Crippen LogP contribution in [0.3, 0.4) is 0 Å². The minimum absolute atomic E-state index is 0.181. The van der Waals surface area contributed by atoms with Crippen molar-refractivity contribution in [2.75, 3.05) is 19.8 Å². The molecule has 1 saturated heterocycles. The molecule has 0 radical (unpaired) electrons. The average molecular weight is 269 g/mol. The predicted molar refractivity (Wildman–Crippen MR) is 78.4 cm³/mol. The molecule has 3 nitrogen and oxygen atoms in total. The maximum atomic E-state index is 6.02. The van der Waals surface area contributed by atoms with E-state index < -0.39 is 0 Å². The molecule has 1 N–H and O–H groups in total. The fraction of sp³-hybridized carbons (Fsp3) is 1.00. The lowest BCUT2D eigenvalue weighted by Crippen LogP contribution is -2.41. The molecule has 3 heteroatoms. The van der Waals surface area contributed by atoms with Gasteiger partial charge in [0.25, 0.3) is 0 Å². The zero-order valence-electron chi connectivity index (χ0n) is 12.9. The van der Waals surface area contributed by atoms with Crippen LogP contribution in [-0.4, -0.2) is 37.5 Å². The molecule has 0 aromatic rings. The van der Waals surface area contributed by atoms with E-state index in [4.69, 9.17) is 9.47 Å². The van der Waals surface area contributed by atoms with Crippen molar-refractivity contribution in [1.29, 1.82) is 0 Å². The lowest BCUT2D eigenvalue weighted by molar-refractivity contribution is -0.0195. The number of nitrogens with one attached hydrogen (secondary N) is 1. The van der Waals surface area contributed by atoms with Gasteiger partial charge in [-0.25, -0.2) is 0 Å². The Morgan fingerprint density at radius 2 is 1.84 bits per heavy atom. The van der Waals surface area contributed by atoms with Crippen LogP contribution in [-0.2, 0) is 9.47 Å². The van der Waals surface area contributed by atoms with E-state index in [1.807, 2.05) is 0 Å². The Labute approximate surface area is 118 Å². The Morgan fingerprint density at radius 3 is 2.47 bits per heavy atom. The molecule has 1 saturated carbocycles. The summed E-state index contributed by atoms with van der Waals surface area (Å²) in [5.74, 6) is 0.952. The molecule has 0 spiro atoms. The monoisotopic (exact) mass is 269 g/mol. The second-order valence-electron chi connectivity index (χ2n) is 7.25. The Kier molecular flexibility index (Phi) is 5.67.